The van der Waals surface area contributed by atoms with E-state index >= 15 is 0 Å². The standard InChI is InChI=1S/C21H25N3O3/c1-13(2)19-22-18-8-6-5-7-17(18)21(26)24(19)23-20(25)15(4)27-16-11-9-14(3)10-12-16/h5-13,15,19,22H,1-4H3,(H,23,25). The number of nitrogens with zero attached hydrogens (tertiary/aromatic N) is 1. The summed E-state index contributed by atoms with van der Waals surface area (Å²) in [7, 11) is 0. The highest BCUT2D eigenvalue weighted by Crippen LogP contribution is 2.27. The Labute approximate surface area is 159 Å². The largest absolute Gasteiger partial charge is 0.481 e. The molecular weight excluding hydrogens is 342 g/mol. The van der Waals surface area contributed by atoms with E-state index in [1.54, 1.807) is 19.1 Å². The van der Waals surface area contributed by atoms with E-state index in [2.05, 4.69) is 10.7 Å². The number of carbonyl (C=O) groups is 2. The Morgan fingerprint density at radius 2 is 1.78 bits per heavy atom. The van der Waals surface area contributed by atoms with Gasteiger partial charge in [0.2, 0.25) is 0 Å². The molecule has 0 aliphatic carbocycles. The van der Waals surface area contributed by atoms with Crippen molar-refractivity contribution in [2.24, 2.45) is 5.92 Å². The van der Waals surface area contributed by atoms with E-state index in [9.17, 15) is 9.59 Å². The fourth-order valence-electron chi connectivity index (χ4n) is 2.94. The van der Waals surface area contributed by atoms with Gasteiger partial charge in [-0.3, -0.25) is 15.0 Å². The first kappa shape index (κ1) is 18.8. The molecule has 1 heterocycles. The lowest BCUT2D eigenvalue weighted by atomic mass is 10.0. The lowest BCUT2D eigenvalue weighted by Gasteiger charge is -2.40. The van der Waals surface area contributed by atoms with E-state index in [1.807, 2.05) is 57.2 Å². The number of benzene rings is 2. The Hall–Kier alpha value is -3.02. The quantitative estimate of drug-likeness (QED) is 0.850. The minimum Gasteiger partial charge on any atom is -0.481 e. The molecule has 2 aromatic rings. The number of fused-ring (bicyclic) bond motifs is 1. The van der Waals surface area contributed by atoms with Crippen LogP contribution in [0.3, 0.4) is 0 Å². The van der Waals surface area contributed by atoms with Crippen LogP contribution >= 0.6 is 0 Å². The number of anilines is 1. The number of hydrogen-bond donors (Lipinski definition) is 2. The lowest BCUT2D eigenvalue weighted by molar-refractivity contribution is -0.132. The molecule has 2 atom stereocenters. The van der Waals surface area contributed by atoms with Gasteiger partial charge in [0.15, 0.2) is 6.10 Å². The summed E-state index contributed by atoms with van der Waals surface area (Å²) in [4.78, 5) is 25.6. The minimum atomic E-state index is -0.745. The zero-order chi connectivity index (χ0) is 19.6. The number of hydrogen-bond acceptors (Lipinski definition) is 4. The monoisotopic (exact) mass is 367 g/mol. The number of carbonyl (C=O) groups excluding carboxylic acids is 2. The number of para-hydroxylation sites is 1. The van der Waals surface area contributed by atoms with Crippen LogP contribution < -0.4 is 15.5 Å². The molecule has 27 heavy (non-hydrogen) atoms. The van der Waals surface area contributed by atoms with Crippen LogP contribution in [0.2, 0.25) is 0 Å². The molecule has 0 bridgehead atoms. The Balaban J connectivity index is 1.74. The minimum absolute atomic E-state index is 0.0935. The van der Waals surface area contributed by atoms with E-state index in [0.717, 1.165) is 11.3 Å². The number of rotatable bonds is 5. The molecule has 2 amide bonds. The fraction of sp³-hybridized carbons (Fsp3) is 0.333. The van der Waals surface area contributed by atoms with Gasteiger partial charge in [-0.2, -0.15) is 0 Å². The van der Waals surface area contributed by atoms with Gasteiger partial charge in [-0.1, -0.05) is 43.7 Å². The molecule has 2 aromatic carbocycles. The average Bonchev–Trinajstić information content (AvgIpc) is 2.65. The summed E-state index contributed by atoms with van der Waals surface area (Å²) in [5, 5.41) is 4.69. The van der Waals surface area contributed by atoms with Crippen LogP contribution in [0.15, 0.2) is 48.5 Å². The van der Waals surface area contributed by atoms with Gasteiger partial charge < -0.3 is 10.1 Å². The number of amides is 2. The maximum absolute atomic E-state index is 12.9. The normalized spacial score (nSPS) is 17.1. The highest BCUT2D eigenvalue weighted by atomic mass is 16.5. The molecule has 0 fully saturated rings. The summed E-state index contributed by atoms with van der Waals surface area (Å²) in [6.07, 6.45) is -1.09. The van der Waals surface area contributed by atoms with Crippen molar-refractivity contribution < 1.29 is 14.3 Å². The third-order valence-electron chi connectivity index (χ3n) is 4.52. The number of hydrazine groups is 1. The first-order valence-corrected chi connectivity index (χ1v) is 9.09. The summed E-state index contributed by atoms with van der Waals surface area (Å²) in [6, 6.07) is 14.8. The Morgan fingerprint density at radius 1 is 1.11 bits per heavy atom. The van der Waals surface area contributed by atoms with E-state index in [0.29, 0.717) is 11.3 Å². The van der Waals surface area contributed by atoms with Crippen molar-refractivity contribution in [2.45, 2.75) is 40.0 Å². The molecule has 3 rings (SSSR count). The van der Waals surface area contributed by atoms with E-state index in [-0.39, 0.29) is 23.9 Å². The van der Waals surface area contributed by atoms with E-state index < -0.39 is 6.10 Å². The molecule has 6 nitrogen and oxygen atoms in total. The van der Waals surface area contributed by atoms with Crippen molar-refractivity contribution in [2.75, 3.05) is 5.32 Å². The first-order chi connectivity index (χ1) is 12.9. The molecule has 0 aromatic heterocycles. The molecule has 1 aliphatic heterocycles. The zero-order valence-corrected chi connectivity index (χ0v) is 16.0. The fourth-order valence-corrected chi connectivity index (χ4v) is 2.94. The maximum atomic E-state index is 12.9. The number of nitrogens with one attached hydrogen (secondary N) is 2. The molecule has 1 aliphatic rings. The molecule has 2 unspecified atom stereocenters. The second-order valence-electron chi connectivity index (χ2n) is 7.10. The molecule has 0 saturated heterocycles. The predicted octanol–water partition coefficient (Wildman–Crippen LogP) is 3.34. The van der Waals surface area contributed by atoms with Crippen molar-refractivity contribution in [3.05, 3.63) is 59.7 Å². The van der Waals surface area contributed by atoms with Crippen LogP contribution in [0.5, 0.6) is 5.75 Å². The highest BCUT2D eigenvalue weighted by Gasteiger charge is 2.35. The van der Waals surface area contributed by atoms with Gasteiger partial charge in [0.25, 0.3) is 11.8 Å². The van der Waals surface area contributed by atoms with Crippen LogP contribution in [0, 0.1) is 12.8 Å². The number of aryl methyl sites for hydroxylation is 1. The van der Waals surface area contributed by atoms with Crippen molar-refractivity contribution in [1.82, 2.24) is 10.4 Å². The Bertz CT molecular complexity index is 833. The van der Waals surface area contributed by atoms with Crippen molar-refractivity contribution >= 4 is 17.5 Å². The van der Waals surface area contributed by atoms with Crippen molar-refractivity contribution in [1.29, 1.82) is 0 Å². The van der Waals surface area contributed by atoms with Gasteiger partial charge in [0, 0.05) is 5.69 Å². The van der Waals surface area contributed by atoms with Crippen LogP contribution in [0.1, 0.15) is 36.7 Å². The smallest absolute Gasteiger partial charge is 0.279 e. The van der Waals surface area contributed by atoms with Crippen LogP contribution in [-0.4, -0.2) is 29.1 Å². The molecule has 142 valence electrons. The van der Waals surface area contributed by atoms with Crippen molar-refractivity contribution in [3.63, 3.8) is 0 Å². The van der Waals surface area contributed by atoms with E-state index in [1.165, 1.54) is 5.01 Å². The van der Waals surface area contributed by atoms with E-state index in [4.69, 9.17) is 4.74 Å². The van der Waals surface area contributed by atoms with Gasteiger partial charge >= 0.3 is 0 Å². The lowest BCUT2D eigenvalue weighted by Crippen LogP contribution is -2.60. The Kier molecular flexibility index (Phi) is 5.35. The third-order valence-corrected chi connectivity index (χ3v) is 4.52. The second-order valence-corrected chi connectivity index (χ2v) is 7.10. The number of ether oxygens (including phenoxy) is 1. The predicted molar refractivity (Wildman–Crippen MR) is 104 cm³/mol. The molecule has 0 radical (unpaired) electrons. The molecular formula is C21H25N3O3. The molecule has 0 spiro atoms. The Morgan fingerprint density at radius 3 is 2.44 bits per heavy atom. The topological polar surface area (TPSA) is 70.7 Å². The first-order valence-electron chi connectivity index (χ1n) is 9.09. The van der Waals surface area contributed by atoms with Gasteiger partial charge in [0.1, 0.15) is 11.9 Å². The molecule has 2 N–H and O–H groups in total. The maximum Gasteiger partial charge on any atom is 0.279 e. The zero-order valence-electron chi connectivity index (χ0n) is 16.0. The summed E-state index contributed by atoms with van der Waals surface area (Å²) in [5.74, 6) is 0.0859. The summed E-state index contributed by atoms with van der Waals surface area (Å²) < 4.78 is 5.70. The van der Waals surface area contributed by atoms with Crippen LogP contribution in [0.25, 0.3) is 0 Å². The van der Waals surface area contributed by atoms with Crippen molar-refractivity contribution in [3.8, 4) is 5.75 Å². The second kappa shape index (κ2) is 7.70. The molecule has 0 saturated carbocycles. The van der Waals surface area contributed by atoms with Gasteiger partial charge in [-0.25, -0.2) is 5.01 Å². The highest BCUT2D eigenvalue weighted by molar-refractivity contribution is 6.02. The molecule has 6 heteroatoms. The third kappa shape index (κ3) is 4.05. The van der Waals surface area contributed by atoms with Crippen LogP contribution in [-0.2, 0) is 4.79 Å². The van der Waals surface area contributed by atoms with Gasteiger partial charge in [0.05, 0.1) is 5.56 Å². The van der Waals surface area contributed by atoms with Crippen LogP contribution in [0.4, 0.5) is 5.69 Å². The summed E-state index contributed by atoms with van der Waals surface area (Å²) in [6.45, 7) is 7.63. The summed E-state index contributed by atoms with van der Waals surface area (Å²) in [5.41, 5.74) is 5.15. The average molecular weight is 367 g/mol. The van der Waals surface area contributed by atoms with Gasteiger partial charge in [-0.05, 0) is 44.0 Å². The SMILES string of the molecule is Cc1ccc(OC(C)C(=O)NN2C(=O)c3ccccc3NC2C(C)C)cc1. The van der Waals surface area contributed by atoms with Gasteiger partial charge in [-0.15, -0.1) is 0 Å². The summed E-state index contributed by atoms with van der Waals surface area (Å²) >= 11 is 0.